The van der Waals surface area contributed by atoms with Crippen LogP contribution in [0.2, 0.25) is 0 Å². The maximum atomic E-state index is 12.3. The van der Waals surface area contributed by atoms with Crippen LogP contribution in [0.15, 0.2) is 0 Å². The Morgan fingerprint density at radius 3 is 2.50 bits per heavy atom. The lowest BCUT2D eigenvalue weighted by atomic mass is 9.67. The van der Waals surface area contributed by atoms with Crippen LogP contribution in [0.5, 0.6) is 0 Å². The molecule has 0 aromatic carbocycles. The van der Waals surface area contributed by atoms with E-state index in [1.165, 1.54) is 0 Å². The number of carbonyl (C=O) groups excluding carboxylic acids is 3. The number of ketones is 1. The molecule has 2 bridgehead atoms. The molecule has 3 rings (SSSR count). The van der Waals surface area contributed by atoms with E-state index in [9.17, 15) is 14.4 Å². The third-order valence-corrected chi connectivity index (χ3v) is 3.66. The quantitative estimate of drug-likeness (QED) is 0.618. The predicted octanol–water partition coefficient (Wildman–Crippen LogP) is 1.89. The number of rotatable bonds is 0. The van der Waals surface area contributed by atoms with Crippen LogP contribution < -0.4 is 0 Å². The van der Waals surface area contributed by atoms with Gasteiger partial charge in [0.2, 0.25) is 5.91 Å². The van der Waals surface area contributed by atoms with E-state index in [0.29, 0.717) is 12.8 Å². The lowest BCUT2D eigenvalue weighted by Crippen LogP contribution is -2.63. The molecule has 3 fully saturated rings. The number of carbonyl (C=O) groups is 3. The highest BCUT2D eigenvalue weighted by Crippen LogP contribution is 2.43. The second-order valence-corrected chi connectivity index (χ2v) is 6.31. The van der Waals surface area contributed by atoms with Crippen molar-refractivity contribution in [1.82, 2.24) is 4.90 Å². The average Bonchev–Trinajstić information content (AvgIpc) is 2.19. The van der Waals surface area contributed by atoms with Crippen molar-refractivity contribution in [2.24, 2.45) is 5.41 Å². The van der Waals surface area contributed by atoms with Gasteiger partial charge in [0.05, 0.1) is 6.04 Å². The molecule has 0 N–H and O–H groups in total. The summed E-state index contributed by atoms with van der Waals surface area (Å²) in [6, 6.07) is -0.318. The number of Topliss-reactive ketones (excluding diaryl/α,β-unsaturated/α-hetero) is 1. The fourth-order valence-corrected chi connectivity index (χ4v) is 2.56. The first kappa shape index (κ1) is 13.1. The van der Waals surface area contributed by atoms with Gasteiger partial charge in [-0.25, -0.2) is 9.69 Å². The largest absolute Gasteiger partial charge is 0.443 e. The Bertz CT molecular complexity index is 423. The molecule has 18 heavy (non-hydrogen) atoms. The molecule has 2 atom stereocenters. The Labute approximate surface area is 106 Å². The molecule has 5 heteroatoms. The van der Waals surface area contributed by atoms with Gasteiger partial charge < -0.3 is 4.74 Å². The number of nitrogens with zero attached hydrogens (tertiary/aromatic N) is 1. The molecule has 2 saturated heterocycles. The van der Waals surface area contributed by atoms with Crippen LogP contribution in [-0.4, -0.2) is 34.3 Å². The maximum Gasteiger partial charge on any atom is 0.417 e. The van der Waals surface area contributed by atoms with E-state index >= 15 is 0 Å². The summed E-state index contributed by atoms with van der Waals surface area (Å²) in [4.78, 5) is 37.3. The predicted molar refractivity (Wildman–Crippen MR) is 63.8 cm³/mol. The van der Waals surface area contributed by atoms with E-state index in [-0.39, 0.29) is 18.2 Å². The van der Waals surface area contributed by atoms with E-state index in [4.69, 9.17) is 4.74 Å². The molecule has 0 aromatic rings. The lowest BCUT2D eigenvalue weighted by Gasteiger charge is -2.47. The Morgan fingerprint density at radius 2 is 2.00 bits per heavy atom. The molecule has 0 aromatic heterocycles. The Kier molecular flexibility index (Phi) is 2.76. The normalized spacial score (nSPS) is 31.8. The third-order valence-electron chi connectivity index (χ3n) is 3.66. The molecule has 0 unspecified atom stereocenters. The highest BCUT2D eigenvalue weighted by Gasteiger charge is 2.56. The summed E-state index contributed by atoms with van der Waals surface area (Å²) >= 11 is 0. The van der Waals surface area contributed by atoms with Crippen LogP contribution in [0, 0.1) is 5.41 Å². The molecule has 2 aliphatic heterocycles. The van der Waals surface area contributed by atoms with Gasteiger partial charge in [-0.2, -0.15) is 0 Å². The van der Waals surface area contributed by atoms with E-state index in [1.807, 2.05) is 0 Å². The van der Waals surface area contributed by atoms with Crippen molar-refractivity contribution in [1.29, 1.82) is 0 Å². The Balaban J connectivity index is 2.23. The molecular weight excluding hydrogens is 234 g/mol. The summed E-state index contributed by atoms with van der Waals surface area (Å²) in [7, 11) is 0. The fourth-order valence-electron chi connectivity index (χ4n) is 2.56. The van der Waals surface area contributed by atoms with E-state index < -0.39 is 23.0 Å². The number of fused-ring (bicyclic) bond motifs is 3. The molecular formula is C13H19NO4. The number of piperidine rings is 2. The van der Waals surface area contributed by atoms with Crippen LogP contribution >= 0.6 is 0 Å². The van der Waals surface area contributed by atoms with Gasteiger partial charge in [0.15, 0.2) is 0 Å². The van der Waals surface area contributed by atoms with E-state index in [2.05, 4.69) is 0 Å². The van der Waals surface area contributed by atoms with Crippen LogP contribution in [0.3, 0.4) is 0 Å². The van der Waals surface area contributed by atoms with Crippen LogP contribution in [-0.2, 0) is 14.3 Å². The molecule has 100 valence electrons. The first-order valence-electron chi connectivity index (χ1n) is 6.25. The Morgan fingerprint density at radius 1 is 1.39 bits per heavy atom. The lowest BCUT2D eigenvalue weighted by molar-refractivity contribution is -0.162. The zero-order valence-corrected chi connectivity index (χ0v) is 11.3. The standard InChI is InChI=1S/C13H19NO4/c1-12(2,3)18-11(17)14-8-5-6-13(4,10(14)16)9(15)7-8/h8H,5-7H2,1-4H3/t8-,13-/m0/s1. The first-order valence-corrected chi connectivity index (χ1v) is 6.25. The van der Waals surface area contributed by atoms with E-state index in [1.54, 1.807) is 27.7 Å². The molecule has 1 saturated carbocycles. The summed E-state index contributed by atoms with van der Waals surface area (Å²) in [6.07, 6.45) is 0.861. The minimum atomic E-state index is -1.02. The van der Waals surface area contributed by atoms with Gasteiger partial charge in [-0.05, 0) is 40.5 Å². The van der Waals surface area contributed by atoms with Gasteiger partial charge in [0.1, 0.15) is 16.8 Å². The first-order chi connectivity index (χ1) is 8.15. The Hall–Kier alpha value is -1.39. The van der Waals surface area contributed by atoms with Crippen molar-refractivity contribution in [2.45, 2.75) is 58.6 Å². The summed E-state index contributed by atoms with van der Waals surface area (Å²) < 4.78 is 5.24. The molecule has 5 nitrogen and oxygen atoms in total. The van der Waals surface area contributed by atoms with E-state index in [0.717, 1.165) is 4.90 Å². The molecule has 1 aliphatic carbocycles. The van der Waals surface area contributed by atoms with Gasteiger partial charge in [-0.1, -0.05) is 0 Å². The number of imide groups is 1. The number of ether oxygens (including phenoxy) is 1. The molecule has 2 amide bonds. The van der Waals surface area contributed by atoms with Crippen LogP contribution in [0.25, 0.3) is 0 Å². The molecule has 0 radical (unpaired) electrons. The third kappa shape index (κ3) is 1.91. The molecule has 0 spiro atoms. The second-order valence-electron chi connectivity index (χ2n) is 6.31. The number of amides is 2. The van der Waals surface area contributed by atoms with Crippen LogP contribution in [0.4, 0.5) is 4.79 Å². The van der Waals surface area contributed by atoms with Gasteiger partial charge in [-0.15, -0.1) is 0 Å². The maximum absolute atomic E-state index is 12.3. The average molecular weight is 253 g/mol. The highest BCUT2D eigenvalue weighted by molar-refractivity contribution is 6.13. The molecule has 2 heterocycles. The minimum Gasteiger partial charge on any atom is -0.443 e. The summed E-state index contributed by atoms with van der Waals surface area (Å²) in [5.74, 6) is -0.451. The van der Waals surface area contributed by atoms with Gasteiger partial charge >= 0.3 is 6.09 Å². The van der Waals surface area contributed by atoms with Crippen molar-refractivity contribution < 1.29 is 19.1 Å². The van der Waals surface area contributed by atoms with Gasteiger partial charge in [0.25, 0.3) is 0 Å². The number of hydrogen-bond acceptors (Lipinski definition) is 4. The minimum absolute atomic E-state index is 0.0523. The van der Waals surface area contributed by atoms with Crippen molar-refractivity contribution >= 4 is 17.8 Å². The zero-order valence-electron chi connectivity index (χ0n) is 11.3. The summed E-state index contributed by atoms with van der Waals surface area (Å²) in [5, 5.41) is 0. The van der Waals surface area contributed by atoms with Crippen molar-refractivity contribution in [3.8, 4) is 0 Å². The highest BCUT2D eigenvalue weighted by atomic mass is 16.6. The topological polar surface area (TPSA) is 63.7 Å². The molecule has 3 aliphatic rings. The summed E-state index contributed by atoms with van der Waals surface area (Å²) in [6.45, 7) is 6.89. The van der Waals surface area contributed by atoms with Gasteiger partial charge in [-0.3, -0.25) is 9.59 Å². The second kappa shape index (κ2) is 3.80. The smallest absolute Gasteiger partial charge is 0.417 e. The monoisotopic (exact) mass is 253 g/mol. The van der Waals surface area contributed by atoms with Gasteiger partial charge in [0, 0.05) is 6.42 Å². The summed E-state index contributed by atoms with van der Waals surface area (Å²) in [5.41, 5.74) is -1.66. The fraction of sp³-hybridized carbons (Fsp3) is 0.769. The van der Waals surface area contributed by atoms with Crippen molar-refractivity contribution in [3.05, 3.63) is 0 Å². The number of hydrogen-bond donors (Lipinski definition) is 0. The zero-order chi connectivity index (χ0) is 13.7. The SMILES string of the molecule is CC(C)(C)OC(=O)N1C(=O)[C@@]2(C)CC[C@H]1CC2=O. The van der Waals surface area contributed by atoms with Crippen LogP contribution in [0.1, 0.15) is 47.0 Å². The van der Waals surface area contributed by atoms with Crippen molar-refractivity contribution in [3.63, 3.8) is 0 Å². The van der Waals surface area contributed by atoms with Crippen molar-refractivity contribution in [2.75, 3.05) is 0 Å².